The van der Waals surface area contributed by atoms with E-state index in [2.05, 4.69) is 10.4 Å². The van der Waals surface area contributed by atoms with Crippen molar-refractivity contribution in [2.24, 2.45) is 11.8 Å². The smallest absolute Gasteiger partial charge is 0.305 e. The minimum atomic E-state index is -1.03. The number of hydrogen-bond acceptors (Lipinski definition) is 5. The summed E-state index contributed by atoms with van der Waals surface area (Å²) >= 11 is 0. The molecule has 8 nitrogen and oxygen atoms in total. The average Bonchev–Trinajstić information content (AvgIpc) is 3.19. The van der Waals surface area contributed by atoms with Crippen LogP contribution in [0.2, 0.25) is 0 Å². The van der Waals surface area contributed by atoms with Crippen LogP contribution in [0.5, 0.6) is 11.5 Å². The predicted molar refractivity (Wildman–Crippen MR) is 128 cm³/mol. The second kappa shape index (κ2) is 12.5. The molecule has 1 aromatic carbocycles. The van der Waals surface area contributed by atoms with Gasteiger partial charge in [0.2, 0.25) is 0 Å². The van der Waals surface area contributed by atoms with Crippen LogP contribution in [0, 0.1) is 23.5 Å². The van der Waals surface area contributed by atoms with E-state index in [-0.39, 0.29) is 46.7 Å². The number of carboxylic acid groups (broad SMARTS) is 1. The van der Waals surface area contributed by atoms with Crippen LogP contribution in [0.4, 0.5) is 8.78 Å². The molecule has 1 unspecified atom stereocenters. The summed E-state index contributed by atoms with van der Waals surface area (Å²) in [7, 11) is 2.52. The lowest BCUT2D eigenvalue weighted by atomic mass is 10.0. The lowest BCUT2D eigenvalue weighted by Gasteiger charge is -2.18. The molecule has 0 bridgehead atoms. The van der Waals surface area contributed by atoms with Crippen molar-refractivity contribution in [3.05, 3.63) is 29.5 Å². The zero-order valence-electron chi connectivity index (χ0n) is 21.2. The molecule has 0 radical (unpaired) electrons. The van der Waals surface area contributed by atoms with Gasteiger partial charge in [0.25, 0.3) is 5.91 Å². The highest BCUT2D eigenvalue weighted by Crippen LogP contribution is 2.42. The monoisotopic (exact) mass is 495 g/mol. The van der Waals surface area contributed by atoms with E-state index in [1.807, 2.05) is 27.7 Å². The number of nitrogens with one attached hydrogen (secondary N) is 1. The van der Waals surface area contributed by atoms with Crippen molar-refractivity contribution in [2.45, 2.75) is 66.0 Å². The first-order valence-electron chi connectivity index (χ1n) is 11.8. The van der Waals surface area contributed by atoms with Crippen LogP contribution in [0.25, 0.3) is 11.3 Å². The van der Waals surface area contributed by atoms with E-state index in [0.29, 0.717) is 19.0 Å². The molecule has 1 amide bonds. The van der Waals surface area contributed by atoms with Gasteiger partial charge in [0, 0.05) is 18.7 Å². The highest BCUT2D eigenvalue weighted by atomic mass is 19.1. The van der Waals surface area contributed by atoms with E-state index in [1.165, 1.54) is 25.0 Å². The number of carbonyl (C=O) groups is 2. The minimum absolute atomic E-state index is 0.00104. The number of carbonyl (C=O) groups excluding carboxylic acids is 1. The Bertz CT molecular complexity index is 1010. The number of hydrogen-bond donors (Lipinski definition) is 2. The molecule has 2 aromatic rings. The van der Waals surface area contributed by atoms with Gasteiger partial charge in [-0.1, -0.05) is 40.5 Å². The van der Waals surface area contributed by atoms with E-state index in [1.54, 1.807) is 0 Å². The fourth-order valence-corrected chi connectivity index (χ4v) is 4.11. The number of methoxy groups -OCH3 is 2. The molecule has 10 heteroatoms. The van der Waals surface area contributed by atoms with Crippen molar-refractivity contribution in [1.82, 2.24) is 15.1 Å². The van der Waals surface area contributed by atoms with Gasteiger partial charge < -0.3 is 19.9 Å². The first kappa shape index (κ1) is 28.1. The molecule has 1 heterocycles. The molecule has 2 N–H and O–H groups in total. The van der Waals surface area contributed by atoms with Crippen LogP contribution in [0.15, 0.2) is 12.1 Å². The van der Waals surface area contributed by atoms with Gasteiger partial charge in [-0.15, -0.1) is 0 Å². The molecule has 35 heavy (non-hydrogen) atoms. The predicted octanol–water partition coefficient (Wildman–Crippen LogP) is 4.90. The summed E-state index contributed by atoms with van der Waals surface area (Å²) in [6.45, 7) is 8.30. The van der Waals surface area contributed by atoms with E-state index in [4.69, 9.17) is 9.47 Å². The molecule has 0 aliphatic rings. The third-order valence-corrected chi connectivity index (χ3v) is 5.92. The highest BCUT2D eigenvalue weighted by Gasteiger charge is 2.28. The maximum atomic E-state index is 14.6. The molecular formula is C25H35F2N3O5. The Kier molecular flexibility index (Phi) is 10.0. The number of halogens is 2. The maximum absolute atomic E-state index is 14.6. The van der Waals surface area contributed by atoms with Crippen molar-refractivity contribution in [3.8, 4) is 22.8 Å². The van der Waals surface area contributed by atoms with Crippen LogP contribution >= 0.6 is 0 Å². The fourth-order valence-electron chi connectivity index (χ4n) is 4.11. The maximum Gasteiger partial charge on any atom is 0.305 e. The quantitative estimate of drug-likeness (QED) is 0.410. The zero-order valence-corrected chi connectivity index (χ0v) is 21.2. The summed E-state index contributed by atoms with van der Waals surface area (Å²) in [4.78, 5) is 24.4. The van der Waals surface area contributed by atoms with E-state index in [0.717, 1.165) is 12.8 Å². The molecule has 1 atom stereocenters. The molecule has 0 fully saturated rings. The number of amides is 1. The Labute approximate surface area is 204 Å². The third kappa shape index (κ3) is 6.93. The summed E-state index contributed by atoms with van der Waals surface area (Å²) in [5, 5.41) is 16.4. The normalized spacial score (nSPS) is 12.2. The van der Waals surface area contributed by atoms with Crippen LogP contribution < -0.4 is 14.8 Å². The molecule has 0 aliphatic carbocycles. The number of rotatable bonds is 13. The van der Waals surface area contributed by atoms with Crippen LogP contribution in [-0.2, 0) is 11.3 Å². The van der Waals surface area contributed by atoms with E-state index in [9.17, 15) is 23.5 Å². The van der Waals surface area contributed by atoms with Gasteiger partial charge in [-0.3, -0.25) is 14.3 Å². The molecule has 0 spiro atoms. The lowest BCUT2D eigenvalue weighted by molar-refractivity contribution is -0.137. The Morgan fingerprint density at radius 3 is 2.11 bits per heavy atom. The Hall–Kier alpha value is -3.17. The molecule has 0 saturated carbocycles. The summed E-state index contributed by atoms with van der Waals surface area (Å²) in [5.74, 6) is -3.54. The van der Waals surface area contributed by atoms with Gasteiger partial charge >= 0.3 is 5.97 Å². The number of ether oxygens (including phenoxy) is 2. The molecule has 2 rings (SSSR count). The number of aliphatic carboxylic acids is 1. The van der Waals surface area contributed by atoms with Crippen molar-refractivity contribution >= 4 is 11.9 Å². The second-order valence-corrected chi connectivity index (χ2v) is 8.96. The number of benzene rings is 1. The van der Waals surface area contributed by atoms with Crippen molar-refractivity contribution in [1.29, 1.82) is 0 Å². The van der Waals surface area contributed by atoms with Crippen molar-refractivity contribution in [3.63, 3.8) is 0 Å². The van der Waals surface area contributed by atoms with Crippen molar-refractivity contribution < 1.29 is 33.0 Å². The molecule has 0 saturated heterocycles. The summed E-state index contributed by atoms with van der Waals surface area (Å²) in [6.07, 6.45) is 1.90. The molecule has 194 valence electrons. The molecule has 1 aromatic heterocycles. The number of carboxylic acids is 1. The average molecular weight is 496 g/mol. The SMILES string of the molecule is CCC(CC)Cn1nc(C(=O)NC(CC(=O)O)CC(C)C)cc1-c1c(OC)c(F)cc(F)c1OC. The van der Waals surface area contributed by atoms with Crippen LogP contribution in [-0.4, -0.2) is 47.0 Å². The molecular weight excluding hydrogens is 460 g/mol. The Morgan fingerprint density at radius 1 is 1.09 bits per heavy atom. The van der Waals surface area contributed by atoms with Gasteiger partial charge in [0.15, 0.2) is 28.8 Å². The standard InChI is InChI=1S/C25H35F2N3O5/c1-7-15(8-2)13-30-20(22-23(34-5)17(26)11-18(27)24(22)35-6)12-19(29-30)25(33)28-16(9-14(3)4)10-21(31)32/h11-12,14-16H,7-10,13H2,1-6H3,(H,28,33)(H,31,32). The molecule has 0 aliphatic heterocycles. The van der Waals surface area contributed by atoms with Gasteiger partial charge in [-0.05, 0) is 24.3 Å². The van der Waals surface area contributed by atoms with Gasteiger partial charge in [0.05, 0.1) is 31.9 Å². The van der Waals surface area contributed by atoms with Gasteiger partial charge in [-0.25, -0.2) is 8.78 Å². The number of nitrogens with zero attached hydrogens (tertiary/aromatic N) is 2. The minimum Gasteiger partial charge on any atom is -0.493 e. The van der Waals surface area contributed by atoms with E-state index >= 15 is 0 Å². The topological polar surface area (TPSA) is 103 Å². The first-order chi connectivity index (χ1) is 16.6. The van der Waals surface area contributed by atoms with Crippen molar-refractivity contribution in [2.75, 3.05) is 14.2 Å². The Morgan fingerprint density at radius 2 is 1.66 bits per heavy atom. The van der Waals surface area contributed by atoms with Crippen LogP contribution in [0.1, 0.15) is 63.9 Å². The Balaban J connectivity index is 2.62. The fraction of sp³-hybridized carbons (Fsp3) is 0.560. The van der Waals surface area contributed by atoms with Gasteiger partial charge in [-0.2, -0.15) is 5.10 Å². The largest absolute Gasteiger partial charge is 0.493 e. The summed E-state index contributed by atoms with van der Waals surface area (Å²) in [6, 6.07) is 1.51. The van der Waals surface area contributed by atoms with Gasteiger partial charge in [0.1, 0.15) is 0 Å². The highest BCUT2D eigenvalue weighted by molar-refractivity contribution is 5.94. The van der Waals surface area contributed by atoms with Crippen LogP contribution in [0.3, 0.4) is 0 Å². The summed E-state index contributed by atoms with van der Waals surface area (Å²) in [5.41, 5.74) is 0.265. The summed E-state index contributed by atoms with van der Waals surface area (Å²) < 4.78 is 41.3. The number of aromatic nitrogens is 2. The lowest BCUT2D eigenvalue weighted by Crippen LogP contribution is -2.37. The third-order valence-electron chi connectivity index (χ3n) is 5.92. The second-order valence-electron chi connectivity index (χ2n) is 8.96. The zero-order chi connectivity index (χ0) is 26.3. The van der Waals surface area contributed by atoms with E-state index < -0.39 is 29.6 Å². The first-order valence-corrected chi connectivity index (χ1v) is 11.8.